The van der Waals surface area contributed by atoms with Gasteiger partial charge in [0.15, 0.2) is 0 Å². The van der Waals surface area contributed by atoms with Crippen LogP contribution < -0.4 is 4.74 Å². The monoisotopic (exact) mass is 228 g/mol. The lowest BCUT2D eigenvalue weighted by atomic mass is 10.3. The zero-order chi connectivity index (χ0) is 10.2. The van der Waals surface area contributed by atoms with E-state index in [9.17, 15) is 0 Å². The van der Waals surface area contributed by atoms with Gasteiger partial charge in [-0.15, -0.1) is 11.8 Å². The highest BCUT2D eigenvalue weighted by Crippen LogP contribution is 2.29. The van der Waals surface area contributed by atoms with E-state index in [1.807, 2.05) is 30.0 Å². The minimum Gasteiger partial charge on any atom is -0.496 e. The Morgan fingerprint density at radius 3 is 2.79 bits per heavy atom. The van der Waals surface area contributed by atoms with Gasteiger partial charge < -0.3 is 4.74 Å². The van der Waals surface area contributed by atoms with Crippen molar-refractivity contribution in [3.63, 3.8) is 0 Å². The van der Waals surface area contributed by atoms with Crippen LogP contribution in [0.4, 0.5) is 0 Å². The molecule has 1 aromatic rings. The van der Waals surface area contributed by atoms with Crippen LogP contribution in [0.25, 0.3) is 0 Å². The molecule has 0 saturated heterocycles. The molecule has 0 N–H and O–H groups in total. The standard InChI is InChI=1S/C11H16OS2/c1-12-10-6-2-3-7-11(10)14-9-5-4-8-13/h2-3,6-7,13H,4-5,8-9H2,1H3. The van der Waals surface area contributed by atoms with Gasteiger partial charge in [0.05, 0.1) is 7.11 Å². The highest BCUT2D eigenvalue weighted by atomic mass is 32.2. The first-order chi connectivity index (χ1) is 6.88. The van der Waals surface area contributed by atoms with Crippen molar-refractivity contribution < 1.29 is 4.74 Å². The summed E-state index contributed by atoms with van der Waals surface area (Å²) >= 11 is 6.04. The summed E-state index contributed by atoms with van der Waals surface area (Å²) in [5, 5.41) is 0. The molecule has 0 aromatic heterocycles. The van der Waals surface area contributed by atoms with Crippen LogP contribution in [0.2, 0.25) is 0 Å². The largest absolute Gasteiger partial charge is 0.496 e. The van der Waals surface area contributed by atoms with Crippen LogP contribution in [0.5, 0.6) is 5.75 Å². The van der Waals surface area contributed by atoms with Gasteiger partial charge in [-0.05, 0) is 36.5 Å². The van der Waals surface area contributed by atoms with Crippen molar-refractivity contribution >= 4 is 24.4 Å². The van der Waals surface area contributed by atoms with E-state index >= 15 is 0 Å². The molecule has 14 heavy (non-hydrogen) atoms. The summed E-state index contributed by atoms with van der Waals surface area (Å²) in [5.41, 5.74) is 0. The maximum Gasteiger partial charge on any atom is 0.132 e. The molecule has 0 unspecified atom stereocenters. The predicted molar refractivity (Wildman–Crippen MR) is 66.8 cm³/mol. The van der Waals surface area contributed by atoms with E-state index in [-0.39, 0.29) is 0 Å². The summed E-state index contributed by atoms with van der Waals surface area (Å²) in [6, 6.07) is 8.14. The summed E-state index contributed by atoms with van der Waals surface area (Å²) in [4.78, 5) is 1.23. The summed E-state index contributed by atoms with van der Waals surface area (Å²) in [5.74, 6) is 3.09. The molecule has 1 aromatic carbocycles. The van der Waals surface area contributed by atoms with Crippen molar-refractivity contribution in [3.05, 3.63) is 24.3 Å². The smallest absolute Gasteiger partial charge is 0.132 e. The normalized spacial score (nSPS) is 10.1. The number of unbranched alkanes of at least 4 members (excludes halogenated alkanes) is 1. The maximum atomic E-state index is 5.27. The number of hydrogen-bond donors (Lipinski definition) is 1. The van der Waals surface area contributed by atoms with Gasteiger partial charge in [-0.2, -0.15) is 12.6 Å². The molecule has 0 radical (unpaired) electrons. The lowest BCUT2D eigenvalue weighted by molar-refractivity contribution is 0.405. The van der Waals surface area contributed by atoms with Crippen molar-refractivity contribution in [2.24, 2.45) is 0 Å². The van der Waals surface area contributed by atoms with E-state index in [1.54, 1.807) is 7.11 Å². The Morgan fingerprint density at radius 1 is 1.29 bits per heavy atom. The molecular formula is C11H16OS2. The Kier molecular flexibility index (Phi) is 5.96. The van der Waals surface area contributed by atoms with Gasteiger partial charge in [0.25, 0.3) is 0 Å². The number of benzene rings is 1. The number of thiol groups is 1. The molecule has 0 amide bonds. The highest BCUT2D eigenvalue weighted by Gasteiger charge is 2.00. The molecule has 0 bridgehead atoms. The molecular weight excluding hydrogens is 212 g/mol. The van der Waals surface area contributed by atoms with Crippen LogP contribution in [0.15, 0.2) is 29.2 Å². The maximum absolute atomic E-state index is 5.27. The van der Waals surface area contributed by atoms with Crippen molar-refractivity contribution in [2.45, 2.75) is 17.7 Å². The summed E-state index contributed by atoms with van der Waals surface area (Å²) < 4.78 is 5.27. The SMILES string of the molecule is COc1ccccc1SCCCCS. The first-order valence-corrected chi connectivity index (χ1v) is 6.37. The fraction of sp³-hybridized carbons (Fsp3) is 0.455. The molecule has 0 fully saturated rings. The van der Waals surface area contributed by atoms with Crippen LogP contribution in [0.1, 0.15) is 12.8 Å². The lowest BCUT2D eigenvalue weighted by Crippen LogP contribution is -1.87. The number of hydrogen-bond acceptors (Lipinski definition) is 3. The quantitative estimate of drug-likeness (QED) is 0.453. The predicted octanol–water partition coefficient (Wildman–Crippen LogP) is 3.50. The zero-order valence-corrected chi connectivity index (χ0v) is 10.1. The van der Waals surface area contributed by atoms with Gasteiger partial charge in [0.2, 0.25) is 0 Å². The molecule has 1 nitrogen and oxygen atoms in total. The molecule has 0 atom stereocenters. The van der Waals surface area contributed by atoms with Gasteiger partial charge in [0.1, 0.15) is 5.75 Å². The molecule has 0 saturated carbocycles. The fourth-order valence-corrected chi connectivity index (χ4v) is 2.39. The van der Waals surface area contributed by atoms with E-state index in [0.717, 1.165) is 17.3 Å². The fourth-order valence-electron chi connectivity index (χ4n) is 1.13. The van der Waals surface area contributed by atoms with E-state index in [4.69, 9.17) is 4.74 Å². The Morgan fingerprint density at radius 2 is 2.07 bits per heavy atom. The van der Waals surface area contributed by atoms with Crippen molar-refractivity contribution in [3.8, 4) is 5.75 Å². The minimum absolute atomic E-state index is 0.975. The number of thioether (sulfide) groups is 1. The van der Waals surface area contributed by atoms with Crippen molar-refractivity contribution in [1.82, 2.24) is 0 Å². The summed E-state index contributed by atoms with van der Waals surface area (Å²) in [6.45, 7) is 0. The average Bonchev–Trinajstić information content (AvgIpc) is 2.25. The van der Waals surface area contributed by atoms with Gasteiger partial charge in [-0.1, -0.05) is 12.1 Å². The van der Waals surface area contributed by atoms with Gasteiger partial charge in [-0.3, -0.25) is 0 Å². The number of methoxy groups -OCH3 is 1. The Labute approximate surface area is 95.6 Å². The summed E-state index contributed by atoms with van der Waals surface area (Å²) in [7, 11) is 1.72. The summed E-state index contributed by atoms with van der Waals surface area (Å²) in [6.07, 6.45) is 2.40. The average molecular weight is 228 g/mol. The van der Waals surface area contributed by atoms with E-state index in [2.05, 4.69) is 18.7 Å². The Balaban J connectivity index is 2.41. The molecule has 0 spiro atoms. The van der Waals surface area contributed by atoms with Crippen LogP contribution in [0, 0.1) is 0 Å². The Bertz CT molecular complexity index is 263. The van der Waals surface area contributed by atoms with Gasteiger partial charge >= 0.3 is 0 Å². The van der Waals surface area contributed by atoms with Crippen LogP contribution in [-0.2, 0) is 0 Å². The third-order valence-electron chi connectivity index (χ3n) is 1.88. The first-order valence-electron chi connectivity index (χ1n) is 4.75. The molecule has 0 aliphatic carbocycles. The van der Waals surface area contributed by atoms with Crippen molar-refractivity contribution in [2.75, 3.05) is 18.6 Å². The zero-order valence-electron chi connectivity index (χ0n) is 8.40. The van der Waals surface area contributed by atoms with Crippen LogP contribution in [0.3, 0.4) is 0 Å². The highest BCUT2D eigenvalue weighted by molar-refractivity contribution is 7.99. The second kappa shape index (κ2) is 7.07. The van der Waals surface area contributed by atoms with E-state index in [0.29, 0.717) is 0 Å². The molecule has 78 valence electrons. The Hall–Kier alpha value is -0.280. The minimum atomic E-state index is 0.975. The van der Waals surface area contributed by atoms with Gasteiger partial charge in [0, 0.05) is 4.90 Å². The van der Waals surface area contributed by atoms with Crippen LogP contribution in [-0.4, -0.2) is 18.6 Å². The first kappa shape index (κ1) is 11.8. The molecule has 0 heterocycles. The topological polar surface area (TPSA) is 9.23 Å². The molecule has 0 aliphatic rings. The second-order valence-electron chi connectivity index (χ2n) is 2.93. The third kappa shape index (κ3) is 3.84. The molecule has 3 heteroatoms. The number of ether oxygens (including phenoxy) is 1. The van der Waals surface area contributed by atoms with E-state index < -0.39 is 0 Å². The van der Waals surface area contributed by atoms with Gasteiger partial charge in [-0.25, -0.2) is 0 Å². The lowest BCUT2D eigenvalue weighted by Gasteiger charge is -2.06. The third-order valence-corrected chi connectivity index (χ3v) is 3.34. The second-order valence-corrected chi connectivity index (χ2v) is 4.51. The molecule has 0 aliphatic heterocycles. The number of para-hydroxylation sites is 1. The van der Waals surface area contributed by atoms with Crippen molar-refractivity contribution in [1.29, 1.82) is 0 Å². The van der Waals surface area contributed by atoms with Crippen LogP contribution >= 0.6 is 24.4 Å². The molecule has 1 rings (SSSR count). The van der Waals surface area contributed by atoms with E-state index in [1.165, 1.54) is 17.7 Å². The number of rotatable bonds is 6.